The molecule has 1 aromatic heterocycles. The highest BCUT2D eigenvalue weighted by Crippen LogP contribution is 2.42. The summed E-state index contributed by atoms with van der Waals surface area (Å²) in [5, 5.41) is 9.73. The zero-order valence-corrected chi connectivity index (χ0v) is 14.7. The van der Waals surface area contributed by atoms with Crippen molar-refractivity contribution in [3.8, 4) is 0 Å². The van der Waals surface area contributed by atoms with Crippen molar-refractivity contribution in [3.63, 3.8) is 0 Å². The Morgan fingerprint density at radius 2 is 1.71 bits per heavy atom. The maximum atomic E-state index is 6.43. The molecule has 122 valence electrons. The highest BCUT2D eigenvalue weighted by Gasteiger charge is 2.32. The number of nitrogens with one attached hydrogen (secondary N) is 1. The molecule has 0 saturated heterocycles. The fourth-order valence-corrected chi connectivity index (χ4v) is 3.88. The van der Waals surface area contributed by atoms with Crippen LogP contribution in [0, 0.1) is 0 Å². The summed E-state index contributed by atoms with van der Waals surface area (Å²) < 4.78 is 1.83. The first-order chi connectivity index (χ1) is 11.6. The zero-order valence-electron chi connectivity index (χ0n) is 12.5. The normalized spacial score (nSPS) is 19.6. The van der Waals surface area contributed by atoms with Gasteiger partial charge in [0.05, 0.1) is 12.1 Å². The number of fused-ring (bicyclic) bond motifs is 1. The average Bonchev–Trinajstić information content (AvgIpc) is 3.04. The molecule has 1 aliphatic heterocycles. The number of anilines is 1. The molecule has 1 N–H and O–H groups in total. The first kappa shape index (κ1) is 15.8. The molecular formula is C17H13Cl3N4. The van der Waals surface area contributed by atoms with Gasteiger partial charge < -0.3 is 5.32 Å². The number of hydrogen-bond donors (Lipinski definition) is 1. The zero-order chi connectivity index (χ0) is 16.7. The van der Waals surface area contributed by atoms with E-state index in [2.05, 4.69) is 15.4 Å². The average molecular weight is 380 g/mol. The molecular weight excluding hydrogens is 367 g/mol. The minimum Gasteiger partial charge on any atom is -0.348 e. The van der Waals surface area contributed by atoms with Crippen molar-refractivity contribution < 1.29 is 0 Å². The number of aromatic nitrogens is 3. The number of halogens is 3. The quantitative estimate of drug-likeness (QED) is 0.649. The third kappa shape index (κ3) is 2.75. The molecule has 0 radical (unpaired) electrons. The Balaban J connectivity index is 1.78. The SMILES string of the molecule is Clc1ccc([C@@H]2C[C@@H](c3c(Cl)cccc3Cl)n3ncnc3N2)cc1. The summed E-state index contributed by atoms with van der Waals surface area (Å²) in [5.41, 5.74) is 2.00. The van der Waals surface area contributed by atoms with E-state index in [0.717, 1.165) is 17.5 Å². The lowest BCUT2D eigenvalue weighted by Gasteiger charge is -2.32. The number of benzene rings is 2. The van der Waals surface area contributed by atoms with Gasteiger partial charge in [-0.05, 0) is 36.2 Å². The van der Waals surface area contributed by atoms with Crippen molar-refractivity contribution in [2.45, 2.75) is 18.5 Å². The van der Waals surface area contributed by atoms with Crippen LogP contribution in [0.4, 0.5) is 5.95 Å². The fraction of sp³-hybridized carbons (Fsp3) is 0.176. The number of nitrogens with zero attached hydrogens (tertiary/aromatic N) is 3. The first-order valence-electron chi connectivity index (χ1n) is 7.49. The molecule has 4 rings (SSSR count). The highest BCUT2D eigenvalue weighted by atomic mass is 35.5. The van der Waals surface area contributed by atoms with Crippen molar-refractivity contribution >= 4 is 40.8 Å². The topological polar surface area (TPSA) is 42.7 Å². The van der Waals surface area contributed by atoms with E-state index < -0.39 is 0 Å². The van der Waals surface area contributed by atoms with Gasteiger partial charge in [0.25, 0.3) is 0 Å². The molecule has 7 heteroatoms. The molecule has 0 bridgehead atoms. The molecule has 2 heterocycles. The second-order valence-corrected chi connectivity index (χ2v) is 6.91. The van der Waals surface area contributed by atoms with Crippen LogP contribution < -0.4 is 5.32 Å². The van der Waals surface area contributed by atoms with E-state index in [0.29, 0.717) is 21.0 Å². The van der Waals surface area contributed by atoms with E-state index in [4.69, 9.17) is 34.8 Å². The highest BCUT2D eigenvalue weighted by molar-refractivity contribution is 6.36. The van der Waals surface area contributed by atoms with Crippen molar-refractivity contribution in [1.82, 2.24) is 14.8 Å². The lowest BCUT2D eigenvalue weighted by molar-refractivity contribution is 0.431. The smallest absolute Gasteiger partial charge is 0.222 e. The van der Waals surface area contributed by atoms with Crippen LogP contribution in [0.3, 0.4) is 0 Å². The van der Waals surface area contributed by atoms with E-state index in [9.17, 15) is 0 Å². The van der Waals surface area contributed by atoms with Crippen LogP contribution in [0.2, 0.25) is 15.1 Å². The summed E-state index contributed by atoms with van der Waals surface area (Å²) in [6, 6.07) is 13.3. The molecule has 4 nitrogen and oxygen atoms in total. The summed E-state index contributed by atoms with van der Waals surface area (Å²) in [6.07, 6.45) is 2.28. The van der Waals surface area contributed by atoms with Crippen molar-refractivity contribution in [2.24, 2.45) is 0 Å². The molecule has 0 spiro atoms. The molecule has 0 unspecified atom stereocenters. The molecule has 0 fully saturated rings. The van der Waals surface area contributed by atoms with Crippen LogP contribution in [-0.4, -0.2) is 14.8 Å². The van der Waals surface area contributed by atoms with E-state index in [1.165, 1.54) is 6.33 Å². The summed E-state index contributed by atoms with van der Waals surface area (Å²) in [5.74, 6) is 0.696. The van der Waals surface area contributed by atoms with Crippen LogP contribution in [-0.2, 0) is 0 Å². The second kappa shape index (κ2) is 6.28. The van der Waals surface area contributed by atoms with Gasteiger partial charge in [-0.25, -0.2) is 4.68 Å². The van der Waals surface area contributed by atoms with Gasteiger partial charge in [0, 0.05) is 20.6 Å². The third-order valence-electron chi connectivity index (χ3n) is 4.24. The number of hydrogen-bond acceptors (Lipinski definition) is 3. The Labute approximate surface area is 154 Å². The summed E-state index contributed by atoms with van der Waals surface area (Å²) >= 11 is 18.9. The van der Waals surface area contributed by atoms with Crippen molar-refractivity contribution in [3.05, 3.63) is 75.0 Å². The Hall–Kier alpha value is -1.75. The lowest BCUT2D eigenvalue weighted by Crippen LogP contribution is -2.28. The monoisotopic (exact) mass is 378 g/mol. The van der Waals surface area contributed by atoms with Crippen molar-refractivity contribution in [1.29, 1.82) is 0 Å². The molecule has 2 atom stereocenters. The van der Waals surface area contributed by atoms with E-state index in [1.54, 1.807) is 0 Å². The van der Waals surface area contributed by atoms with Gasteiger partial charge >= 0.3 is 0 Å². The largest absolute Gasteiger partial charge is 0.348 e. The maximum Gasteiger partial charge on any atom is 0.222 e. The standard InChI is InChI=1S/C17H13Cl3N4/c18-11-6-4-10(5-7-11)14-8-15(24-17(23-14)21-9-22-24)16-12(19)2-1-3-13(16)20/h1-7,9,14-15H,8H2,(H,21,22,23)/t14-,15-/m0/s1. The molecule has 0 saturated carbocycles. The number of rotatable bonds is 2. The Morgan fingerprint density at radius 1 is 1.00 bits per heavy atom. The summed E-state index contributed by atoms with van der Waals surface area (Å²) in [7, 11) is 0. The summed E-state index contributed by atoms with van der Waals surface area (Å²) in [4.78, 5) is 4.31. The predicted molar refractivity (Wildman–Crippen MR) is 97.1 cm³/mol. The molecule has 24 heavy (non-hydrogen) atoms. The maximum absolute atomic E-state index is 6.43. The van der Waals surface area contributed by atoms with Gasteiger partial charge in [0.1, 0.15) is 6.33 Å². The molecule has 2 aromatic carbocycles. The fourth-order valence-electron chi connectivity index (χ4n) is 3.10. The van der Waals surface area contributed by atoms with E-state index in [1.807, 2.05) is 47.1 Å². The minimum atomic E-state index is -0.0920. The van der Waals surface area contributed by atoms with Crippen LogP contribution in [0.25, 0.3) is 0 Å². The van der Waals surface area contributed by atoms with Crippen LogP contribution in [0.5, 0.6) is 0 Å². The second-order valence-electron chi connectivity index (χ2n) is 5.66. The molecule has 0 aliphatic carbocycles. The van der Waals surface area contributed by atoms with Gasteiger partial charge in [-0.15, -0.1) is 0 Å². The van der Waals surface area contributed by atoms with Gasteiger partial charge in [0.15, 0.2) is 0 Å². The van der Waals surface area contributed by atoms with E-state index in [-0.39, 0.29) is 12.1 Å². The lowest BCUT2D eigenvalue weighted by atomic mass is 9.93. The third-order valence-corrected chi connectivity index (χ3v) is 5.15. The van der Waals surface area contributed by atoms with Gasteiger partial charge in [-0.2, -0.15) is 10.1 Å². The Kier molecular flexibility index (Phi) is 4.12. The van der Waals surface area contributed by atoms with E-state index >= 15 is 0 Å². The first-order valence-corrected chi connectivity index (χ1v) is 8.62. The van der Waals surface area contributed by atoms with Gasteiger partial charge in [0.2, 0.25) is 5.95 Å². The van der Waals surface area contributed by atoms with Crippen molar-refractivity contribution in [2.75, 3.05) is 5.32 Å². The predicted octanol–water partition coefficient (Wildman–Crippen LogP) is 5.38. The molecule has 1 aliphatic rings. The molecule has 0 amide bonds. The van der Waals surface area contributed by atoms with Crippen LogP contribution >= 0.6 is 34.8 Å². The minimum absolute atomic E-state index is 0.0660. The van der Waals surface area contributed by atoms with Gasteiger partial charge in [-0.3, -0.25) is 0 Å². The summed E-state index contributed by atoms with van der Waals surface area (Å²) in [6.45, 7) is 0. The Morgan fingerprint density at radius 3 is 2.42 bits per heavy atom. The van der Waals surface area contributed by atoms with Crippen LogP contribution in [0.15, 0.2) is 48.8 Å². The Bertz CT molecular complexity index is 856. The molecule has 3 aromatic rings. The van der Waals surface area contributed by atoms with Crippen LogP contribution in [0.1, 0.15) is 29.6 Å². The van der Waals surface area contributed by atoms with Gasteiger partial charge in [-0.1, -0.05) is 53.0 Å².